The Morgan fingerprint density at radius 2 is 1.11 bits per heavy atom. The zero-order chi connectivity index (χ0) is 19.1. The van der Waals surface area contributed by atoms with Crippen LogP contribution in [0.3, 0.4) is 0 Å². The van der Waals surface area contributed by atoms with Crippen LogP contribution in [0.15, 0.2) is 77.0 Å². The maximum Gasteiger partial charge on any atom is 0.255 e. The van der Waals surface area contributed by atoms with E-state index in [1.807, 2.05) is 74.5 Å². The third-order valence-electron chi connectivity index (χ3n) is 3.73. The van der Waals surface area contributed by atoms with Crippen molar-refractivity contribution in [2.24, 2.45) is 10.3 Å². The van der Waals surface area contributed by atoms with Crippen molar-refractivity contribution in [2.75, 3.05) is 0 Å². The molecule has 0 fully saturated rings. The van der Waals surface area contributed by atoms with E-state index >= 15 is 0 Å². The van der Waals surface area contributed by atoms with E-state index in [1.54, 1.807) is 13.0 Å². The highest BCUT2D eigenvalue weighted by molar-refractivity contribution is 5.98. The molecular formula is C21H20N4O2. The summed E-state index contributed by atoms with van der Waals surface area (Å²) < 4.78 is 0. The fourth-order valence-electron chi connectivity index (χ4n) is 2.30. The molecule has 27 heavy (non-hydrogen) atoms. The van der Waals surface area contributed by atoms with Gasteiger partial charge in [0.05, 0.1) is 17.5 Å². The van der Waals surface area contributed by atoms with Crippen molar-refractivity contribution in [3.8, 4) is 11.8 Å². The highest BCUT2D eigenvalue weighted by Gasteiger charge is 2.06. The van der Waals surface area contributed by atoms with E-state index in [0.29, 0.717) is 17.6 Å². The van der Waals surface area contributed by atoms with Crippen LogP contribution in [0, 0.1) is 6.92 Å². The zero-order valence-corrected chi connectivity index (χ0v) is 15.5. The number of rotatable bonds is 6. The van der Waals surface area contributed by atoms with Crippen molar-refractivity contribution in [3.05, 3.63) is 83.7 Å². The van der Waals surface area contributed by atoms with E-state index in [9.17, 15) is 0 Å². The lowest BCUT2D eigenvalue weighted by Gasteiger charge is -2.05. The van der Waals surface area contributed by atoms with Crippen molar-refractivity contribution >= 4 is 11.4 Å². The van der Waals surface area contributed by atoms with Gasteiger partial charge < -0.3 is 9.68 Å². The number of aryl methyl sites for hydroxylation is 1. The van der Waals surface area contributed by atoms with Crippen LogP contribution in [0.4, 0.5) is 0 Å². The largest absolute Gasteiger partial charge is 0.336 e. The molecule has 2 aromatic carbocycles. The molecule has 0 atom stereocenters. The first kappa shape index (κ1) is 18.3. The van der Waals surface area contributed by atoms with Crippen molar-refractivity contribution in [1.82, 2.24) is 9.97 Å². The van der Waals surface area contributed by atoms with Crippen LogP contribution in [0.2, 0.25) is 0 Å². The van der Waals surface area contributed by atoms with E-state index in [-0.39, 0.29) is 0 Å². The second-order valence-corrected chi connectivity index (χ2v) is 5.86. The molecule has 0 saturated carbocycles. The highest BCUT2D eigenvalue weighted by atomic mass is 16.6. The molecule has 0 saturated heterocycles. The summed E-state index contributed by atoms with van der Waals surface area (Å²) in [5, 5.41) is 8.25. The molecule has 1 heterocycles. The first-order valence-corrected chi connectivity index (χ1v) is 8.51. The summed E-state index contributed by atoms with van der Waals surface area (Å²) in [4.78, 5) is 19.3. The van der Waals surface area contributed by atoms with Crippen LogP contribution < -0.4 is 9.68 Å². The first-order chi connectivity index (χ1) is 13.1. The van der Waals surface area contributed by atoms with Gasteiger partial charge in [0.1, 0.15) is 5.82 Å². The second kappa shape index (κ2) is 8.71. The standard InChI is InChI=1S/C21H20N4O2/c1-15(18-10-6-4-7-11-18)24-26-20-14-21(23-17(3)22-20)27-25-16(2)19-12-8-5-9-13-19/h4-14H,1-3H3. The minimum atomic E-state index is 0.292. The van der Waals surface area contributed by atoms with Crippen molar-refractivity contribution < 1.29 is 9.68 Å². The van der Waals surface area contributed by atoms with Crippen LogP contribution in [0.1, 0.15) is 30.8 Å². The smallest absolute Gasteiger partial charge is 0.255 e. The van der Waals surface area contributed by atoms with Gasteiger partial charge in [-0.25, -0.2) is 0 Å². The van der Waals surface area contributed by atoms with Crippen LogP contribution in [0.25, 0.3) is 0 Å². The lowest BCUT2D eigenvalue weighted by atomic mass is 10.1. The number of aromatic nitrogens is 2. The van der Waals surface area contributed by atoms with Crippen molar-refractivity contribution in [1.29, 1.82) is 0 Å². The number of hydrogen-bond acceptors (Lipinski definition) is 6. The fraction of sp³-hybridized carbons (Fsp3) is 0.143. The topological polar surface area (TPSA) is 69.0 Å². The molecule has 0 spiro atoms. The highest BCUT2D eigenvalue weighted by Crippen LogP contribution is 2.17. The predicted octanol–water partition coefficient (Wildman–Crippen LogP) is 4.39. The zero-order valence-electron chi connectivity index (χ0n) is 15.5. The molecule has 3 aromatic rings. The number of benzene rings is 2. The van der Waals surface area contributed by atoms with E-state index in [2.05, 4.69) is 20.3 Å². The van der Waals surface area contributed by atoms with Gasteiger partial charge in [-0.15, -0.1) is 0 Å². The minimum absolute atomic E-state index is 0.292. The maximum absolute atomic E-state index is 5.44. The van der Waals surface area contributed by atoms with E-state index in [0.717, 1.165) is 22.6 Å². The molecule has 0 unspecified atom stereocenters. The van der Waals surface area contributed by atoms with Gasteiger partial charge in [-0.05, 0) is 31.9 Å². The molecule has 136 valence electrons. The molecule has 0 aliphatic carbocycles. The van der Waals surface area contributed by atoms with Crippen LogP contribution in [-0.2, 0) is 0 Å². The molecule has 1 aromatic heterocycles. The average molecular weight is 360 g/mol. The SMILES string of the molecule is CC(=NOc1cc(ON=C(C)c2ccccc2)nc(C)n1)c1ccccc1. The monoisotopic (exact) mass is 360 g/mol. The number of oxime groups is 2. The van der Waals surface area contributed by atoms with Crippen molar-refractivity contribution in [2.45, 2.75) is 20.8 Å². The summed E-state index contributed by atoms with van der Waals surface area (Å²) in [5.41, 5.74) is 3.44. The lowest BCUT2D eigenvalue weighted by Crippen LogP contribution is -2.02. The Kier molecular flexibility index (Phi) is 5.89. The summed E-state index contributed by atoms with van der Waals surface area (Å²) in [6, 6.07) is 21.1. The number of hydrogen-bond donors (Lipinski definition) is 0. The second-order valence-electron chi connectivity index (χ2n) is 5.86. The Balaban J connectivity index is 1.73. The third kappa shape index (κ3) is 5.22. The van der Waals surface area contributed by atoms with Gasteiger partial charge in [-0.2, -0.15) is 9.97 Å². The molecule has 6 nitrogen and oxygen atoms in total. The molecule has 6 heteroatoms. The average Bonchev–Trinajstić information content (AvgIpc) is 2.71. The summed E-state index contributed by atoms with van der Waals surface area (Å²) in [6.45, 7) is 5.49. The van der Waals surface area contributed by atoms with Gasteiger partial charge >= 0.3 is 0 Å². The fourth-order valence-corrected chi connectivity index (χ4v) is 2.30. The normalized spacial score (nSPS) is 12.0. The van der Waals surface area contributed by atoms with Crippen LogP contribution in [0.5, 0.6) is 11.8 Å². The van der Waals surface area contributed by atoms with Gasteiger partial charge in [0, 0.05) is 0 Å². The van der Waals surface area contributed by atoms with Gasteiger partial charge in [-0.3, -0.25) is 0 Å². The Bertz CT molecular complexity index is 879. The minimum Gasteiger partial charge on any atom is -0.336 e. The molecule has 0 aliphatic heterocycles. The lowest BCUT2D eigenvalue weighted by molar-refractivity contribution is 0.303. The van der Waals surface area contributed by atoms with E-state index in [1.165, 1.54) is 0 Å². The number of nitrogens with zero attached hydrogens (tertiary/aromatic N) is 4. The maximum atomic E-state index is 5.44. The summed E-state index contributed by atoms with van der Waals surface area (Å²) in [7, 11) is 0. The van der Waals surface area contributed by atoms with Crippen LogP contribution in [-0.4, -0.2) is 21.4 Å². The molecule has 3 rings (SSSR count). The Morgan fingerprint density at radius 3 is 1.52 bits per heavy atom. The van der Waals surface area contributed by atoms with E-state index < -0.39 is 0 Å². The predicted molar refractivity (Wildman–Crippen MR) is 105 cm³/mol. The molecule has 0 aliphatic rings. The Hall–Kier alpha value is -3.54. The van der Waals surface area contributed by atoms with Gasteiger partial charge in [0.25, 0.3) is 11.8 Å². The Labute approximate surface area is 158 Å². The van der Waals surface area contributed by atoms with Gasteiger partial charge in [0.15, 0.2) is 0 Å². The summed E-state index contributed by atoms with van der Waals surface area (Å²) in [6.07, 6.45) is 0. The summed E-state index contributed by atoms with van der Waals surface area (Å²) >= 11 is 0. The van der Waals surface area contributed by atoms with Crippen LogP contribution >= 0.6 is 0 Å². The molecule has 0 amide bonds. The van der Waals surface area contributed by atoms with Gasteiger partial charge in [0.2, 0.25) is 0 Å². The molecule has 0 N–H and O–H groups in total. The van der Waals surface area contributed by atoms with Gasteiger partial charge in [-0.1, -0.05) is 71.0 Å². The summed E-state index contributed by atoms with van der Waals surface area (Å²) in [5.74, 6) is 1.09. The molecular weight excluding hydrogens is 340 g/mol. The molecule has 0 radical (unpaired) electrons. The third-order valence-corrected chi connectivity index (χ3v) is 3.73. The van der Waals surface area contributed by atoms with Crippen molar-refractivity contribution in [3.63, 3.8) is 0 Å². The van der Waals surface area contributed by atoms with E-state index in [4.69, 9.17) is 9.68 Å². The Morgan fingerprint density at radius 1 is 0.704 bits per heavy atom. The molecule has 0 bridgehead atoms. The quantitative estimate of drug-likeness (QED) is 0.483. The first-order valence-electron chi connectivity index (χ1n) is 8.51.